The second kappa shape index (κ2) is 9.80. The number of fused-ring (bicyclic) bond motifs is 1. The van der Waals surface area contributed by atoms with Crippen LogP contribution >= 0.6 is 0 Å². The van der Waals surface area contributed by atoms with E-state index in [9.17, 15) is 39.6 Å². The van der Waals surface area contributed by atoms with Gasteiger partial charge >= 0.3 is 27.6 Å². The molecule has 0 aliphatic carbocycles. The van der Waals surface area contributed by atoms with Gasteiger partial charge in [0.1, 0.15) is 17.1 Å². The van der Waals surface area contributed by atoms with Gasteiger partial charge in [0.15, 0.2) is 0 Å². The van der Waals surface area contributed by atoms with Crippen molar-refractivity contribution in [3.63, 3.8) is 0 Å². The van der Waals surface area contributed by atoms with Gasteiger partial charge in [-0.15, -0.1) is 13.2 Å². The van der Waals surface area contributed by atoms with Crippen LogP contribution in [0, 0.1) is 0 Å². The highest BCUT2D eigenvalue weighted by atomic mass is 32.2. The molecule has 0 radical (unpaired) electrons. The lowest BCUT2D eigenvalue weighted by molar-refractivity contribution is -0.274. The number of hydrogen-bond donors (Lipinski definition) is 0. The highest BCUT2D eigenvalue weighted by Gasteiger charge is 2.48. The van der Waals surface area contributed by atoms with Crippen molar-refractivity contribution in [2.45, 2.75) is 44.5 Å². The van der Waals surface area contributed by atoms with Gasteiger partial charge in [0.05, 0.1) is 5.56 Å². The van der Waals surface area contributed by atoms with Crippen LogP contribution < -0.4 is 14.5 Å². The van der Waals surface area contributed by atoms with Crippen LogP contribution in [0.25, 0.3) is 22.1 Å². The molecule has 0 unspecified atom stereocenters. The minimum absolute atomic E-state index is 0.0846. The first-order valence-corrected chi connectivity index (χ1v) is 11.6. The molecule has 0 spiro atoms. The second-order valence-corrected chi connectivity index (χ2v) is 9.00. The molecular formula is C22H18F6O6S. The van der Waals surface area contributed by atoms with Gasteiger partial charge in [-0.2, -0.15) is 21.6 Å². The fourth-order valence-corrected chi connectivity index (χ4v) is 3.69. The molecular weight excluding hydrogens is 506 g/mol. The smallest absolute Gasteiger partial charge is 0.422 e. The molecule has 0 aliphatic rings. The van der Waals surface area contributed by atoms with Crippen molar-refractivity contribution in [1.29, 1.82) is 0 Å². The average molecular weight is 524 g/mol. The Hall–Kier alpha value is -3.22. The first-order valence-electron chi connectivity index (χ1n) is 10.2. The number of alkyl halides is 6. The highest BCUT2D eigenvalue weighted by Crippen LogP contribution is 2.36. The van der Waals surface area contributed by atoms with E-state index in [1.54, 1.807) is 6.07 Å². The average Bonchev–Trinajstić information content (AvgIpc) is 2.72. The number of ether oxygens (including phenoxy) is 1. The van der Waals surface area contributed by atoms with Crippen molar-refractivity contribution in [1.82, 2.24) is 0 Å². The maximum atomic E-state index is 13.0. The molecule has 0 atom stereocenters. The van der Waals surface area contributed by atoms with Crippen LogP contribution in [0.15, 0.2) is 51.7 Å². The highest BCUT2D eigenvalue weighted by molar-refractivity contribution is 7.88. The fraction of sp³-hybridized carbons (Fsp3) is 0.318. The topological polar surface area (TPSA) is 82.8 Å². The number of halogens is 6. The molecule has 0 fully saturated rings. The van der Waals surface area contributed by atoms with Crippen LogP contribution in [0.2, 0.25) is 0 Å². The Balaban J connectivity index is 2.04. The Bertz CT molecular complexity index is 1380. The molecule has 0 saturated carbocycles. The minimum atomic E-state index is -5.96. The molecule has 0 amide bonds. The SMILES string of the molecule is CCCCCc1ccc(-c2cc3ccc(OS(=O)(=O)C(F)(F)F)cc3oc2=O)c(OC(F)(F)F)c1. The van der Waals surface area contributed by atoms with E-state index in [1.807, 2.05) is 6.92 Å². The zero-order valence-electron chi connectivity index (χ0n) is 18.0. The normalized spacial score (nSPS) is 12.7. The lowest BCUT2D eigenvalue weighted by Crippen LogP contribution is -2.28. The summed E-state index contributed by atoms with van der Waals surface area (Å²) in [5.74, 6) is -1.39. The monoisotopic (exact) mass is 524 g/mol. The number of rotatable bonds is 8. The van der Waals surface area contributed by atoms with Gasteiger partial charge in [-0.25, -0.2) is 4.79 Å². The second-order valence-electron chi connectivity index (χ2n) is 7.47. The van der Waals surface area contributed by atoms with Gasteiger partial charge < -0.3 is 13.3 Å². The van der Waals surface area contributed by atoms with Gasteiger partial charge in [-0.3, -0.25) is 0 Å². The third kappa shape index (κ3) is 6.47. The zero-order valence-corrected chi connectivity index (χ0v) is 18.8. The molecule has 0 N–H and O–H groups in total. The molecule has 35 heavy (non-hydrogen) atoms. The molecule has 6 nitrogen and oxygen atoms in total. The van der Waals surface area contributed by atoms with Gasteiger partial charge in [-0.1, -0.05) is 31.9 Å². The summed E-state index contributed by atoms with van der Waals surface area (Å²) in [6, 6.07) is 7.88. The predicted octanol–water partition coefficient (Wildman–Crippen LogP) is 6.32. The molecule has 13 heteroatoms. The van der Waals surface area contributed by atoms with E-state index in [1.165, 1.54) is 12.1 Å². The Morgan fingerprint density at radius 2 is 1.63 bits per heavy atom. The van der Waals surface area contributed by atoms with Crippen LogP contribution in [0.1, 0.15) is 31.7 Å². The van der Waals surface area contributed by atoms with E-state index < -0.39 is 39.1 Å². The summed E-state index contributed by atoms with van der Waals surface area (Å²) in [6.45, 7) is 1.98. The molecule has 0 aliphatic heterocycles. The van der Waals surface area contributed by atoms with Crippen LogP contribution in [0.3, 0.4) is 0 Å². The van der Waals surface area contributed by atoms with E-state index in [2.05, 4.69) is 8.92 Å². The lowest BCUT2D eigenvalue weighted by Gasteiger charge is -2.15. The van der Waals surface area contributed by atoms with Crippen LogP contribution in [0.4, 0.5) is 26.3 Å². The lowest BCUT2D eigenvalue weighted by atomic mass is 10.00. The van der Waals surface area contributed by atoms with Gasteiger partial charge in [0, 0.05) is 17.0 Å². The Labute approximate surface area is 195 Å². The fourth-order valence-electron chi connectivity index (χ4n) is 3.24. The molecule has 2 aromatic carbocycles. The summed E-state index contributed by atoms with van der Waals surface area (Å²) in [5.41, 5.74) is -7.09. The van der Waals surface area contributed by atoms with Crippen molar-refractivity contribution in [2.24, 2.45) is 0 Å². The first kappa shape index (κ1) is 26.4. The number of aryl methyl sites for hydroxylation is 1. The van der Waals surface area contributed by atoms with Crippen LogP contribution in [-0.4, -0.2) is 20.3 Å². The van der Waals surface area contributed by atoms with Crippen LogP contribution in [0.5, 0.6) is 11.5 Å². The number of hydrogen-bond acceptors (Lipinski definition) is 6. The van der Waals surface area contributed by atoms with E-state index >= 15 is 0 Å². The summed E-state index contributed by atoms with van der Waals surface area (Å²) in [7, 11) is -5.96. The summed E-state index contributed by atoms with van der Waals surface area (Å²) in [4.78, 5) is 12.6. The molecule has 0 bridgehead atoms. The summed E-state index contributed by atoms with van der Waals surface area (Å²) < 4.78 is 112. The van der Waals surface area contributed by atoms with E-state index in [0.29, 0.717) is 12.0 Å². The number of benzene rings is 2. The standard InChI is InChI=1S/C22H18F6O6S/c1-2-3-4-5-13-6-9-16(19(10-13)33-21(23,24)25)17-11-14-7-8-15(12-18(14)32-20(17)29)34-35(30,31)22(26,27)28/h6-12H,2-5H2,1H3. The van der Waals surface area contributed by atoms with E-state index in [-0.39, 0.29) is 22.1 Å². The van der Waals surface area contributed by atoms with Crippen molar-refractivity contribution in [2.75, 3.05) is 0 Å². The Morgan fingerprint density at radius 1 is 0.914 bits per heavy atom. The van der Waals surface area contributed by atoms with Crippen molar-refractivity contribution >= 4 is 21.1 Å². The zero-order chi connectivity index (χ0) is 26.0. The van der Waals surface area contributed by atoms with Crippen molar-refractivity contribution in [3.8, 4) is 22.6 Å². The Kier molecular flexibility index (Phi) is 7.39. The largest absolute Gasteiger partial charge is 0.573 e. The summed E-state index contributed by atoms with van der Waals surface area (Å²) in [5, 5.41) is 0.0846. The Morgan fingerprint density at radius 3 is 2.26 bits per heavy atom. The van der Waals surface area contributed by atoms with Crippen molar-refractivity contribution < 1.29 is 48.1 Å². The van der Waals surface area contributed by atoms with E-state index in [0.717, 1.165) is 43.5 Å². The van der Waals surface area contributed by atoms with Crippen LogP contribution in [-0.2, 0) is 16.5 Å². The maximum Gasteiger partial charge on any atom is 0.573 e. The molecule has 0 saturated heterocycles. The van der Waals surface area contributed by atoms with Gasteiger partial charge in [-0.05, 0) is 42.7 Å². The summed E-state index contributed by atoms with van der Waals surface area (Å²) >= 11 is 0. The number of unbranched alkanes of at least 4 members (excludes halogenated alkanes) is 2. The van der Waals surface area contributed by atoms with E-state index in [4.69, 9.17) is 4.42 Å². The summed E-state index contributed by atoms with van der Waals surface area (Å²) in [6.07, 6.45) is -2.01. The molecule has 1 heterocycles. The molecule has 1 aromatic heterocycles. The molecule has 3 aromatic rings. The van der Waals surface area contributed by atoms with Crippen molar-refractivity contribution in [3.05, 3.63) is 58.4 Å². The predicted molar refractivity (Wildman–Crippen MR) is 113 cm³/mol. The quantitative estimate of drug-likeness (QED) is 0.113. The third-order valence-electron chi connectivity index (χ3n) is 4.83. The molecule has 3 rings (SSSR count). The minimum Gasteiger partial charge on any atom is -0.422 e. The third-order valence-corrected chi connectivity index (χ3v) is 5.81. The van der Waals surface area contributed by atoms with Gasteiger partial charge in [0.2, 0.25) is 0 Å². The van der Waals surface area contributed by atoms with Gasteiger partial charge in [0.25, 0.3) is 0 Å². The maximum absolute atomic E-state index is 13.0. The first-order chi connectivity index (χ1) is 16.2. The molecule has 190 valence electrons.